The van der Waals surface area contributed by atoms with Crippen LogP contribution in [0, 0.1) is 6.92 Å². The van der Waals surface area contributed by atoms with Crippen molar-refractivity contribution in [1.82, 2.24) is 4.98 Å². The van der Waals surface area contributed by atoms with Gasteiger partial charge in [0.1, 0.15) is 5.92 Å². The third-order valence-corrected chi connectivity index (χ3v) is 5.30. The molecule has 0 aliphatic heterocycles. The second-order valence-corrected chi connectivity index (χ2v) is 7.37. The van der Waals surface area contributed by atoms with Gasteiger partial charge in [-0.25, -0.2) is 0 Å². The minimum atomic E-state index is -0.898. The van der Waals surface area contributed by atoms with E-state index in [2.05, 4.69) is 4.98 Å². The van der Waals surface area contributed by atoms with E-state index in [0.717, 1.165) is 27.7 Å². The predicted octanol–water partition coefficient (Wildman–Crippen LogP) is 5.42. The number of Topliss-reactive ketones (excluding diaryl/α,β-unsaturated/α-hetero) is 1. The molecule has 1 atom stereocenters. The molecule has 0 bridgehead atoms. The van der Waals surface area contributed by atoms with Crippen LogP contribution < -0.4 is 0 Å². The maximum Gasteiger partial charge on any atom is 0.318 e. The molecule has 0 spiro atoms. The third-order valence-electron chi connectivity index (χ3n) is 5.30. The van der Waals surface area contributed by atoms with Crippen LogP contribution in [0.15, 0.2) is 84.9 Å². The van der Waals surface area contributed by atoms with E-state index in [4.69, 9.17) is 4.74 Å². The Labute approximate surface area is 175 Å². The molecule has 3 aromatic carbocycles. The van der Waals surface area contributed by atoms with Crippen LogP contribution in [0.25, 0.3) is 10.9 Å². The minimum absolute atomic E-state index is 0.210. The zero-order chi connectivity index (χ0) is 21.1. The van der Waals surface area contributed by atoms with Crippen LogP contribution in [0.2, 0.25) is 0 Å². The van der Waals surface area contributed by atoms with E-state index in [9.17, 15) is 9.59 Å². The summed E-state index contributed by atoms with van der Waals surface area (Å²) in [4.78, 5) is 29.6. The number of ketones is 1. The van der Waals surface area contributed by atoms with Crippen molar-refractivity contribution in [1.29, 1.82) is 0 Å². The molecule has 0 fully saturated rings. The fourth-order valence-corrected chi connectivity index (χ4v) is 3.85. The normalized spacial score (nSPS) is 12.1. The van der Waals surface area contributed by atoms with Gasteiger partial charge in [-0.3, -0.25) is 9.59 Å². The van der Waals surface area contributed by atoms with Crippen molar-refractivity contribution >= 4 is 22.7 Å². The van der Waals surface area contributed by atoms with E-state index in [-0.39, 0.29) is 5.78 Å². The second kappa shape index (κ2) is 8.37. The average molecular weight is 397 g/mol. The minimum Gasteiger partial charge on any atom is -0.454 e. The molecule has 150 valence electrons. The molecule has 0 saturated carbocycles. The highest BCUT2D eigenvalue weighted by Gasteiger charge is 2.29. The van der Waals surface area contributed by atoms with E-state index in [1.165, 1.54) is 0 Å². The standard InChI is InChI=1S/C26H23NO3/c1-17-23(21-15-9-10-16-22(21)27-17)25(28)18(2)30-26(29)24(19-11-5-3-6-12-19)20-13-7-4-8-14-20/h3-16,18,24,27H,1-2H3/t18-/m1/s1. The number of para-hydroxylation sites is 1. The molecular weight excluding hydrogens is 374 g/mol. The van der Waals surface area contributed by atoms with Gasteiger partial charge in [0.15, 0.2) is 6.10 Å². The molecule has 0 radical (unpaired) electrons. The topological polar surface area (TPSA) is 59.2 Å². The lowest BCUT2D eigenvalue weighted by Gasteiger charge is -2.20. The number of fused-ring (bicyclic) bond motifs is 1. The maximum atomic E-state index is 13.2. The summed E-state index contributed by atoms with van der Waals surface area (Å²) in [5, 5.41) is 0.838. The molecule has 0 aliphatic carbocycles. The van der Waals surface area contributed by atoms with Crippen LogP contribution in [-0.4, -0.2) is 22.8 Å². The number of esters is 1. The first-order valence-corrected chi connectivity index (χ1v) is 9.98. The summed E-state index contributed by atoms with van der Waals surface area (Å²) in [5.74, 6) is -1.24. The highest BCUT2D eigenvalue weighted by Crippen LogP contribution is 2.28. The van der Waals surface area contributed by atoms with Crippen LogP contribution in [-0.2, 0) is 9.53 Å². The third kappa shape index (κ3) is 3.77. The molecule has 4 aromatic rings. The van der Waals surface area contributed by atoms with Gasteiger partial charge in [-0.1, -0.05) is 78.9 Å². The number of hydrogen-bond donors (Lipinski definition) is 1. The summed E-state index contributed by atoms with van der Waals surface area (Å²) < 4.78 is 5.71. The lowest BCUT2D eigenvalue weighted by atomic mass is 9.91. The van der Waals surface area contributed by atoms with Gasteiger partial charge in [0.2, 0.25) is 5.78 Å². The first kappa shape index (κ1) is 19.6. The van der Waals surface area contributed by atoms with E-state index in [0.29, 0.717) is 5.56 Å². The highest BCUT2D eigenvalue weighted by atomic mass is 16.5. The first-order valence-electron chi connectivity index (χ1n) is 9.98. The van der Waals surface area contributed by atoms with Gasteiger partial charge in [0.05, 0.1) is 0 Å². The van der Waals surface area contributed by atoms with E-state index >= 15 is 0 Å². The van der Waals surface area contributed by atoms with E-state index < -0.39 is 18.0 Å². The van der Waals surface area contributed by atoms with Crippen molar-refractivity contribution in [3.8, 4) is 0 Å². The average Bonchev–Trinajstić information content (AvgIpc) is 3.10. The fraction of sp³-hybridized carbons (Fsp3) is 0.154. The first-order chi connectivity index (χ1) is 14.6. The Hall–Kier alpha value is -3.66. The Morgan fingerprint density at radius 1 is 0.800 bits per heavy atom. The largest absolute Gasteiger partial charge is 0.454 e. The van der Waals surface area contributed by atoms with Gasteiger partial charge in [-0.2, -0.15) is 0 Å². The number of carbonyl (C=O) groups excluding carboxylic acids is 2. The van der Waals surface area contributed by atoms with Crippen LogP contribution in [0.5, 0.6) is 0 Å². The molecular formula is C26H23NO3. The van der Waals surface area contributed by atoms with Crippen LogP contribution in [0.4, 0.5) is 0 Å². The van der Waals surface area contributed by atoms with E-state index in [1.54, 1.807) is 6.92 Å². The number of aromatic nitrogens is 1. The van der Waals surface area contributed by atoms with Crippen molar-refractivity contribution in [3.63, 3.8) is 0 Å². The smallest absolute Gasteiger partial charge is 0.318 e. The van der Waals surface area contributed by atoms with Gasteiger partial charge < -0.3 is 9.72 Å². The van der Waals surface area contributed by atoms with Gasteiger partial charge >= 0.3 is 5.97 Å². The summed E-state index contributed by atoms with van der Waals surface area (Å²) in [7, 11) is 0. The van der Waals surface area contributed by atoms with Crippen molar-refractivity contribution in [3.05, 3.63) is 107 Å². The van der Waals surface area contributed by atoms with Gasteiger partial charge in [0.25, 0.3) is 0 Å². The number of carbonyl (C=O) groups is 2. The Kier molecular flexibility index (Phi) is 5.48. The molecule has 4 heteroatoms. The van der Waals surface area contributed by atoms with Gasteiger partial charge in [-0.05, 0) is 31.0 Å². The van der Waals surface area contributed by atoms with Crippen molar-refractivity contribution < 1.29 is 14.3 Å². The lowest BCUT2D eigenvalue weighted by molar-refractivity contribution is -0.147. The van der Waals surface area contributed by atoms with Crippen LogP contribution in [0.1, 0.15) is 40.0 Å². The molecule has 30 heavy (non-hydrogen) atoms. The monoisotopic (exact) mass is 397 g/mol. The summed E-state index contributed by atoms with van der Waals surface area (Å²) in [5.41, 5.74) is 3.89. The zero-order valence-corrected chi connectivity index (χ0v) is 17.0. The summed E-state index contributed by atoms with van der Waals surface area (Å²) in [6.45, 7) is 3.49. The number of nitrogens with one attached hydrogen (secondary N) is 1. The molecule has 0 saturated heterocycles. The van der Waals surface area contributed by atoms with E-state index in [1.807, 2.05) is 91.9 Å². The Morgan fingerprint density at radius 3 is 1.93 bits per heavy atom. The van der Waals surface area contributed by atoms with Crippen molar-refractivity contribution in [2.24, 2.45) is 0 Å². The van der Waals surface area contributed by atoms with Crippen LogP contribution >= 0.6 is 0 Å². The molecule has 1 heterocycles. The number of rotatable bonds is 6. The quantitative estimate of drug-likeness (QED) is 0.349. The second-order valence-electron chi connectivity index (χ2n) is 7.37. The summed E-state index contributed by atoms with van der Waals surface area (Å²) in [6.07, 6.45) is -0.898. The predicted molar refractivity (Wildman–Crippen MR) is 118 cm³/mol. The molecule has 4 nitrogen and oxygen atoms in total. The van der Waals surface area contributed by atoms with Gasteiger partial charge in [0, 0.05) is 22.2 Å². The van der Waals surface area contributed by atoms with Gasteiger partial charge in [-0.15, -0.1) is 0 Å². The number of H-pyrrole nitrogens is 1. The Bertz CT molecular complexity index is 1140. The lowest BCUT2D eigenvalue weighted by Crippen LogP contribution is -2.28. The Morgan fingerprint density at radius 2 is 1.33 bits per heavy atom. The van der Waals surface area contributed by atoms with Crippen LogP contribution in [0.3, 0.4) is 0 Å². The zero-order valence-electron chi connectivity index (χ0n) is 17.0. The maximum absolute atomic E-state index is 13.2. The highest BCUT2D eigenvalue weighted by molar-refractivity contribution is 6.11. The summed E-state index contributed by atoms with van der Waals surface area (Å²) in [6, 6.07) is 26.6. The molecule has 4 rings (SSSR count). The number of ether oxygens (including phenoxy) is 1. The van der Waals surface area contributed by atoms with Crippen molar-refractivity contribution in [2.45, 2.75) is 25.9 Å². The molecule has 0 amide bonds. The number of aryl methyl sites for hydroxylation is 1. The van der Waals surface area contributed by atoms with Crippen molar-refractivity contribution in [2.75, 3.05) is 0 Å². The summed E-state index contributed by atoms with van der Waals surface area (Å²) >= 11 is 0. The molecule has 1 aromatic heterocycles. The Balaban J connectivity index is 1.62. The molecule has 0 unspecified atom stereocenters. The number of benzene rings is 3. The fourth-order valence-electron chi connectivity index (χ4n) is 3.85. The number of aromatic amines is 1. The molecule has 1 N–H and O–H groups in total. The molecule has 0 aliphatic rings. The number of hydrogen-bond acceptors (Lipinski definition) is 3. The SMILES string of the molecule is Cc1[nH]c2ccccc2c1C(=O)[C@@H](C)OC(=O)C(c1ccccc1)c1ccccc1.